The van der Waals surface area contributed by atoms with Gasteiger partial charge >= 0.3 is 0 Å². The predicted octanol–water partition coefficient (Wildman–Crippen LogP) is 2.25. The van der Waals surface area contributed by atoms with Crippen molar-refractivity contribution in [1.82, 2.24) is 5.32 Å². The second kappa shape index (κ2) is 4.87. The molecule has 0 aromatic heterocycles. The fourth-order valence-electron chi connectivity index (χ4n) is 3.57. The molecule has 1 spiro atoms. The summed E-state index contributed by atoms with van der Waals surface area (Å²) < 4.78 is 11.6. The van der Waals surface area contributed by atoms with Gasteiger partial charge in [0.2, 0.25) is 0 Å². The SMILES string of the molecule is CC1CC(NC2CCOC3(CCC3)C2)CCO1. The Morgan fingerprint density at radius 3 is 2.65 bits per heavy atom. The Hall–Kier alpha value is -0.120. The van der Waals surface area contributed by atoms with Crippen molar-refractivity contribution in [3.8, 4) is 0 Å². The van der Waals surface area contributed by atoms with Crippen molar-refractivity contribution < 1.29 is 9.47 Å². The lowest BCUT2D eigenvalue weighted by Gasteiger charge is -2.48. The topological polar surface area (TPSA) is 30.5 Å². The highest BCUT2D eigenvalue weighted by molar-refractivity contribution is 4.96. The average molecular weight is 239 g/mol. The first-order valence-corrected chi connectivity index (χ1v) is 7.27. The number of nitrogens with one attached hydrogen (secondary N) is 1. The summed E-state index contributed by atoms with van der Waals surface area (Å²) in [5.74, 6) is 0. The summed E-state index contributed by atoms with van der Waals surface area (Å²) in [7, 11) is 0. The molecule has 0 aromatic carbocycles. The Balaban J connectivity index is 1.50. The van der Waals surface area contributed by atoms with Crippen LogP contribution in [0.1, 0.15) is 51.9 Å². The van der Waals surface area contributed by atoms with Gasteiger partial charge in [0.15, 0.2) is 0 Å². The Bertz CT molecular complexity index is 265. The van der Waals surface area contributed by atoms with E-state index in [0.29, 0.717) is 18.2 Å². The fraction of sp³-hybridized carbons (Fsp3) is 1.00. The van der Waals surface area contributed by atoms with Crippen molar-refractivity contribution in [3.63, 3.8) is 0 Å². The third-order valence-electron chi connectivity index (χ3n) is 4.71. The maximum absolute atomic E-state index is 5.98. The molecule has 1 aliphatic carbocycles. The van der Waals surface area contributed by atoms with Crippen molar-refractivity contribution in [1.29, 1.82) is 0 Å². The highest BCUT2D eigenvalue weighted by Crippen LogP contribution is 2.42. The maximum atomic E-state index is 5.98. The molecule has 2 heterocycles. The summed E-state index contributed by atoms with van der Waals surface area (Å²) in [5, 5.41) is 3.85. The van der Waals surface area contributed by atoms with Gasteiger partial charge in [-0.05, 0) is 51.9 Å². The first-order chi connectivity index (χ1) is 8.26. The Morgan fingerprint density at radius 2 is 1.94 bits per heavy atom. The van der Waals surface area contributed by atoms with E-state index >= 15 is 0 Å². The quantitative estimate of drug-likeness (QED) is 0.801. The van der Waals surface area contributed by atoms with Crippen molar-refractivity contribution in [3.05, 3.63) is 0 Å². The van der Waals surface area contributed by atoms with E-state index < -0.39 is 0 Å². The molecule has 3 unspecified atom stereocenters. The second-order valence-corrected chi connectivity index (χ2v) is 6.14. The molecular formula is C14H25NO2. The molecule has 0 amide bonds. The molecule has 0 radical (unpaired) electrons. The van der Waals surface area contributed by atoms with Gasteiger partial charge < -0.3 is 14.8 Å². The van der Waals surface area contributed by atoms with E-state index in [-0.39, 0.29) is 5.60 Å². The van der Waals surface area contributed by atoms with Crippen molar-refractivity contribution in [2.24, 2.45) is 0 Å². The van der Waals surface area contributed by atoms with Crippen LogP contribution >= 0.6 is 0 Å². The highest BCUT2D eigenvalue weighted by Gasteiger charge is 2.42. The summed E-state index contributed by atoms with van der Waals surface area (Å²) in [6, 6.07) is 1.35. The molecule has 17 heavy (non-hydrogen) atoms. The van der Waals surface area contributed by atoms with Crippen LogP contribution in [0.25, 0.3) is 0 Å². The minimum Gasteiger partial charge on any atom is -0.378 e. The molecule has 3 nitrogen and oxygen atoms in total. The molecule has 0 bridgehead atoms. The third-order valence-corrected chi connectivity index (χ3v) is 4.71. The number of hydrogen-bond donors (Lipinski definition) is 1. The summed E-state index contributed by atoms with van der Waals surface area (Å²) in [6.07, 6.45) is 9.13. The van der Waals surface area contributed by atoms with E-state index in [2.05, 4.69) is 12.2 Å². The van der Waals surface area contributed by atoms with Crippen LogP contribution in [0.4, 0.5) is 0 Å². The molecule has 1 N–H and O–H groups in total. The molecule has 2 saturated heterocycles. The van der Waals surface area contributed by atoms with Crippen LogP contribution in [0.5, 0.6) is 0 Å². The van der Waals surface area contributed by atoms with Crippen LogP contribution < -0.4 is 5.32 Å². The molecule has 3 heteroatoms. The summed E-state index contributed by atoms with van der Waals surface area (Å²) >= 11 is 0. The van der Waals surface area contributed by atoms with Crippen molar-refractivity contribution in [2.45, 2.75) is 75.7 Å². The minimum atomic E-state index is 0.271. The zero-order valence-electron chi connectivity index (χ0n) is 10.9. The molecule has 3 atom stereocenters. The van der Waals surface area contributed by atoms with Gasteiger partial charge in [0, 0.05) is 25.3 Å². The van der Waals surface area contributed by atoms with Crippen LogP contribution in [0.3, 0.4) is 0 Å². The largest absolute Gasteiger partial charge is 0.378 e. The first-order valence-electron chi connectivity index (χ1n) is 7.27. The number of hydrogen-bond acceptors (Lipinski definition) is 3. The Morgan fingerprint density at radius 1 is 1.12 bits per heavy atom. The lowest BCUT2D eigenvalue weighted by Crippen LogP contribution is -2.53. The fourth-order valence-corrected chi connectivity index (χ4v) is 3.57. The van der Waals surface area contributed by atoms with E-state index in [1.165, 1.54) is 44.9 Å². The van der Waals surface area contributed by atoms with Crippen LogP contribution in [-0.4, -0.2) is 37.0 Å². The molecule has 3 aliphatic rings. The van der Waals surface area contributed by atoms with Gasteiger partial charge in [-0.1, -0.05) is 0 Å². The highest BCUT2D eigenvalue weighted by atomic mass is 16.5. The molecule has 3 fully saturated rings. The van der Waals surface area contributed by atoms with E-state index in [0.717, 1.165) is 13.2 Å². The van der Waals surface area contributed by atoms with Gasteiger partial charge in [0.25, 0.3) is 0 Å². The molecule has 2 aliphatic heterocycles. The van der Waals surface area contributed by atoms with Crippen LogP contribution in [-0.2, 0) is 9.47 Å². The minimum absolute atomic E-state index is 0.271. The molecular weight excluding hydrogens is 214 g/mol. The van der Waals surface area contributed by atoms with Gasteiger partial charge in [-0.25, -0.2) is 0 Å². The van der Waals surface area contributed by atoms with E-state index in [1.807, 2.05) is 0 Å². The van der Waals surface area contributed by atoms with Crippen LogP contribution in [0, 0.1) is 0 Å². The monoisotopic (exact) mass is 239 g/mol. The number of ether oxygens (including phenoxy) is 2. The zero-order chi connectivity index (χ0) is 11.7. The normalized spacial score (nSPS) is 41.1. The second-order valence-electron chi connectivity index (χ2n) is 6.14. The van der Waals surface area contributed by atoms with E-state index in [4.69, 9.17) is 9.47 Å². The van der Waals surface area contributed by atoms with Gasteiger partial charge in [-0.2, -0.15) is 0 Å². The van der Waals surface area contributed by atoms with E-state index in [9.17, 15) is 0 Å². The molecule has 3 rings (SSSR count). The predicted molar refractivity (Wildman–Crippen MR) is 67.1 cm³/mol. The zero-order valence-corrected chi connectivity index (χ0v) is 10.9. The number of rotatable bonds is 2. The van der Waals surface area contributed by atoms with Crippen molar-refractivity contribution >= 4 is 0 Å². The Kier molecular flexibility index (Phi) is 3.42. The molecule has 0 aromatic rings. The van der Waals surface area contributed by atoms with Gasteiger partial charge in [0.1, 0.15) is 0 Å². The smallest absolute Gasteiger partial charge is 0.0697 e. The summed E-state index contributed by atoms with van der Waals surface area (Å²) in [5.41, 5.74) is 0.271. The third kappa shape index (κ3) is 2.67. The van der Waals surface area contributed by atoms with Crippen molar-refractivity contribution in [2.75, 3.05) is 13.2 Å². The molecule has 98 valence electrons. The van der Waals surface area contributed by atoms with Crippen LogP contribution in [0.15, 0.2) is 0 Å². The van der Waals surface area contributed by atoms with Gasteiger partial charge in [-0.3, -0.25) is 0 Å². The maximum Gasteiger partial charge on any atom is 0.0697 e. The van der Waals surface area contributed by atoms with Gasteiger partial charge in [-0.15, -0.1) is 0 Å². The lowest BCUT2D eigenvalue weighted by molar-refractivity contribution is -0.137. The lowest BCUT2D eigenvalue weighted by atomic mass is 9.73. The summed E-state index contributed by atoms with van der Waals surface area (Å²) in [6.45, 7) is 4.06. The Labute approximate surface area is 104 Å². The van der Waals surface area contributed by atoms with Gasteiger partial charge in [0.05, 0.1) is 11.7 Å². The average Bonchev–Trinajstić information content (AvgIpc) is 2.27. The van der Waals surface area contributed by atoms with E-state index in [1.54, 1.807) is 0 Å². The standard InChI is InChI=1S/C14H25NO2/c1-11-9-12(3-7-16-11)15-13-4-8-17-14(10-13)5-2-6-14/h11-13,15H,2-10H2,1H3. The summed E-state index contributed by atoms with van der Waals surface area (Å²) in [4.78, 5) is 0. The first kappa shape index (κ1) is 11.9. The van der Waals surface area contributed by atoms with Crippen LogP contribution in [0.2, 0.25) is 0 Å². The molecule has 1 saturated carbocycles.